The molecule has 0 saturated carbocycles. The molecule has 0 aromatic carbocycles. The lowest BCUT2D eigenvalue weighted by Crippen LogP contribution is -2.24. The van der Waals surface area contributed by atoms with Crippen LogP contribution in [0.25, 0.3) is 0 Å². The first-order valence-electron chi connectivity index (χ1n) is 5.28. The van der Waals surface area contributed by atoms with Crippen molar-refractivity contribution in [3.63, 3.8) is 0 Å². The number of hydrogen-bond acceptors (Lipinski definition) is 4. The Labute approximate surface area is 105 Å². The lowest BCUT2D eigenvalue weighted by atomic mass is 10.1. The molecule has 6 heteroatoms. The van der Waals surface area contributed by atoms with Crippen molar-refractivity contribution in [2.24, 2.45) is 0 Å². The van der Waals surface area contributed by atoms with Crippen LogP contribution >= 0.6 is 11.3 Å². The second-order valence-electron chi connectivity index (χ2n) is 3.85. The standard InChI is InChI=1S/C11H17N3O2S/c1-5-13-10(15)8-6(2)7(9(12)17-8)11(16)14(3)4/h5,12H2,1-4H3,(H,13,15). The van der Waals surface area contributed by atoms with E-state index in [0.717, 1.165) is 11.3 Å². The molecule has 1 heterocycles. The highest BCUT2D eigenvalue weighted by molar-refractivity contribution is 7.18. The molecule has 0 fully saturated rings. The van der Waals surface area contributed by atoms with Gasteiger partial charge in [-0.1, -0.05) is 0 Å². The van der Waals surface area contributed by atoms with Gasteiger partial charge < -0.3 is 16.0 Å². The Hall–Kier alpha value is -1.56. The molecule has 1 aromatic heterocycles. The Balaban J connectivity index is 3.19. The maximum Gasteiger partial charge on any atom is 0.261 e. The van der Waals surface area contributed by atoms with Gasteiger partial charge in [0.25, 0.3) is 11.8 Å². The van der Waals surface area contributed by atoms with Crippen LogP contribution in [0.1, 0.15) is 32.5 Å². The third-order valence-corrected chi connectivity index (χ3v) is 3.46. The molecular formula is C11H17N3O2S. The van der Waals surface area contributed by atoms with Gasteiger partial charge in [-0.2, -0.15) is 0 Å². The Kier molecular flexibility index (Phi) is 4.11. The number of carbonyl (C=O) groups excluding carboxylic acids is 2. The SMILES string of the molecule is CCNC(=O)c1sc(N)c(C(=O)N(C)C)c1C. The first kappa shape index (κ1) is 13.5. The summed E-state index contributed by atoms with van der Waals surface area (Å²) in [5.74, 6) is -0.355. The fraction of sp³-hybridized carbons (Fsp3) is 0.455. The zero-order chi connectivity index (χ0) is 13.2. The molecule has 2 amide bonds. The lowest BCUT2D eigenvalue weighted by Gasteiger charge is -2.10. The number of nitrogens with zero attached hydrogens (tertiary/aromatic N) is 1. The summed E-state index contributed by atoms with van der Waals surface area (Å²) in [6, 6.07) is 0. The maximum absolute atomic E-state index is 11.9. The molecule has 5 nitrogen and oxygen atoms in total. The third-order valence-electron chi connectivity index (χ3n) is 2.34. The minimum atomic E-state index is -0.181. The molecule has 0 aliphatic carbocycles. The summed E-state index contributed by atoms with van der Waals surface area (Å²) < 4.78 is 0. The highest BCUT2D eigenvalue weighted by atomic mass is 32.1. The second-order valence-corrected chi connectivity index (χ2v) is 4.91. The summed E-state index contributed by atoms with van der Waals surface area (Å²) in [5, 5.41) is 3.09. The van der Waals surface area contributed by atoms with Crippen LogP contribution in [0.15, 0.2) is 0 Å². The van der Waals surface area contributed by atoms with E-state index in [-0.39, 0.29) is 11.8 Å². The number of thiophene rings is 1. The van der Waals surface area contributed by atoms with Crippen LogP contribution in [0.5, 0.6) is 0 Å². The van der Waals surface area contributed by atoms with Gasteiger partial charge in [-0.05, 0) is 19.4 Å². The van der Waals surface area contributed by atoms with Gasteiger partial charge in [-0.25, -0.2) is 0 Å². The van der Waals surface area contributed by atoms with Crippen LogP contribution in [-0.4, -0.2) is 37.4 Å². The molecule has 0 bridgehead atoms. The number of nitrogens with one attached hydrogen (secondary N) is 1. The van der Waals surface area contributed by atoms with Crippen LogP contribution in [0.2, 0.25) is 0 Å². The van der Waals surface area contributed by atoms with Crippen LogP contribution < -0.4 is 11.1 Å². The van der Waals surface area contributed by atoms with Gasteiger partial charge in [0.05, 0.1) is 15.4 Å². The predicted octanol–water partition coefficient (Wildman–Crippen LogP) is 1.09. The van der Waals surface area contributed by atoms with Crippen molar-refractivity contribution in [1.82, 2.24) is 10.2 Å². The minimum Gasteiger partial charge on any atom is -0.390 e. The van der Waals surface area contributed by atoms with Gasteiger partial charge in [0.15, 0.2) is 0 Å². The summed E-state index contributed by atoms with van der Waals surface area (Å²) in [6.45, 7) is 4.14. The van der Waals surface area contributed by atoms with Crippen molar-refractivity contribution in [2.75, 3.05) is 26.4 Å². The fourth-order valence-electron chi connectivity index (χ4n) is 1.48. The molecule has 0 radical (unpaired) electrons. The molecule has 0 aliphatic rings. The molecule has 3 N–H and O–H groups in total. The zero-order valence-corrected chi connectivity index (χ0v) is 11.3. The Morgan fingerprint density at radius 1 is 1.41 bits per heavy atom. The normalized spacial score (nSPS) is 10.1. The zero-order valence-electron chi connectivity index (χ0n) is 10.5. The number of carbonyl (C=O) groups is 2. The Morgan fingerprint density at radius 2 is 2.00 bits per heavy atom. The number of anilines is 1. The summed E-state index contributed by atoms with van der Waals surface area (Å²) in [7, 11) is 3.31. The van der Waals surface area contributed by atoms with E-state index in [2.05, 4.69) is 5.32 Å². The van der Waals surface area contributed by atoms with Crippen molar-refractivity contribution >= 4 is 28.2 Å². The topological polar surface area (TPSA) is 75.4 Å². The number of rotatable bonds is 3. The molecule has 0 spiro atoms. The molecule has 0 aliphatic heterocycles. The van der Waals surface area contributed by atoms with E-state index in [4.69, 9.17) is 5.73 Å². The molecule has 0 unspecified atom stereocenters. The van der Waals surface area contributed by atoms with Crippen LogP contribution in [0, 0.1) is 6.92 Å². The first-order chi connectivity index (χ1) is 7.90. The van der Waals surface area contributed by atoms with E-state index in [9.17, 15) is 9.59 Å². The second kappa shape index (κ2) is 5.18. The fourth-order valence-corrected chi connectivity index (χ4v) is 2.47. The average molecular weight is 255 g/mol. The van der Waals surface area contributed by atoms with Crippen molar-refractivity contribution in [3.8, 4) is 0 Å². The highest BCUT2D eigenvalue weighted by Crippen LogP contribution is 2.31. The van der Waals surface area contributed by atoms with E-state index >= 15 is 0 Å². The number of hydrogen-bond donors (Lipinski definition) is 2. The highest BCUT2D eigenvalue weighted by Gasteiger charge is 2.23. The Morgan fingerprint density at radius 3 is 2.47 bits per heavy atom. The van der Waals surface area contributed by atoms with Crippen LogP contribution in [0.3, 0.4) is 0 Å². The number of nitrogen functional groups attached to an aromatic ring is 1. The Bertz CT molecular complexity index is 452. The number of amides is 2. The van der Waals surface area contributed by atoms with Gasteiger partial charge in [-0.3, -0.25) is 9.59 Å². The lowest BCUT2D eigenvalue weighted by molar-refractivity contribution is 0.0828. The predicted molar refractivity (Wildman–Crippen MR) is 69.5 cm³/mol. The summed E-state index contributed by atoms with van der Waals surface area (Å²) >= 11 is 1.15. The van der Waals surface area contributed by atoms with Gasteiger partial charge >= 0.3 is 0 Å². The van der Waals surface area contributed by atoms with Crippen LogP contribution in [-0.2, 0) is 0 Å². The molecular weight excluding hydrogens is 238 g/mol. The summed E-state index contributed by atoms with van der Waals surface area (Å²) in [6.07, 6.45) is 0. The monoisotopic (exact) mass is 255 g/mol. The van der Waals surface area contributed by atoms with Crippen molar-refractivity contribution in [3.05, 3.63) is 16.0 Å². The molecule has 0 atom stereocenters. The first-order valence-corrected chi connectivity index (χ1v) is 6.10. The van der Waals surface area contributed by atoms with Crippen LogP contribution in [0.4, 0.5) is 5.00 Å². The largest absolute Gasteiger partial charge is 0.390 e. The average Bonchev–Trinajstić information content (AvgIpc) is 2.53. The van der Waals surface area contributed by atoms with Crippen molar-refractivity contribution in [2.45, 2.75) is 13.8 Å². The minimum absolute atomic E-state index is 0.174. The smallest absolute Gasteiger partial charge is 0.261 e. The van der Waals surface area contributed by atoms with Crippen molar-refractivity contribution < 1.29 is 9.59 Å². The van der Waals surface area contributed by atoms with Crippen molar-refractivity contribution in [1.29, 1.82) is 0 Å². The quantitative estimate of drug-likeness (QED) is 0.849. The van der Waals surface area contributed by atoms with Gasteiger partial charge in [-0.15, -0.1) is 11.3 Å². The molecule has 1 rings (SSSR count). The summed E-state index contributed by atoms with van der Waals surface area (Å²) in [5.41, 5.74) is 6.89. The molecule has 94 valence electrons. The van der Waals surface area contributed by atoms with Gasteiger partial charge in [0, 0.05) is 20.6 Å². The van der Waals surface area contributed by atoms with E-state index in [1.54, 1.807) is 21.0 Å². The van der Waals surface area contributed by atoms with E-state index in [0.29, 0.717) is 27.5 Å². The van der Waals surface area contributed by atoms with E-state index in [1.807, 2.05) is 6.92 Å². The molecule has 1 aromatic rings. The summed E-state index contributed by atoms with van der Waals surface area (Å²) in [4.78, 5) is 25.6. The third kappa shape index (κ3) is 2.58. The maximum atomic E-state index is 11.9. The molecule has 17 heavy (non-hydrogen) atoms. The van der Waals surface area contributed by atoms with E-state index < -0.39 is 0 Å². The van der Waals surface area contributed by atoms with E-state index in [1.165, 1.54) is 4.90 Å². The van der Waals surface area contributed by atoms with Gasteiger partial charge in [0.2, 0.25) is 0 Å². The number of nitrogens with two attached hydrogens (primary N) is 1. The molecule has 0 saturated heterocycles. The van der Waals surface area contributed by atoms with Gasteiger partial charge in [0.1, 0.15) is 0 Å².